The van der Waals surface area contributed by atoms with Gasteiger partial charge in [0, 0.05) is 24.0 Å². The molecule has 92 valence electrons. The van der Waals surface area contributed by atoms with E-state index in [1.807, 2.05) is 12.1 Å². The highest BCUT2D eigenvalue weighted by Gasteiger charge is 2.21. The van der Waals surface area contributed by atoms with Crippen LogP contribution in [0, 0.1) is 0 Å². The van der Waals surface area contributed by atoms with Crippen LogP contribution in [-0.4, -0.2) is 14.2 Å². The second kappa shape index (κ2) is 4.37. The Bertz CT molecular complexity index is 536. The number of rotatable bonds is 2. The van der Waals surface area contributed by atoms with E-state index in [-0.39, 0.29) is 0 Å². The predicted molar refractivity (Wildman–Crippen MR) is 71.6 cm³/mol. The van der Waals surface area contributed by atoms with E-state index in [2.05, 4.69) is 24.3 Å². The summed E-state index contributed by atoms with van der Waals surface area (Å²) in [5.41, 5.74) is 5.29. The molecule has 2 heteroatoms. The third-order valence-electron chi connectivity index (χ3n) is 3.64. The van der Waals surface area contributed by atoms with E-state index in [0.29, 0.717) is 0 Å². The fourth-order valence-electron chi connectivity index (χ4n) is 2.70. The maximum atomic E-state index is 5.47. The van der Waals surface area contributed by atoms with Gasteiger partial charge in [-0.3, -0.25) is 0 Å². The topological polar surface area (TPSA) is 18.5 Å². The van der Waals surface area contributed by atoms with Gasteiger partial charge in [0.2, 0.25) is 0 Å². The van der Waals surface area contributed by atoms with Gasteiger partial charge in [0.25, 0.3) is 0 Å². The zero-order valence-corrected chi connectivity index (χ0v) is 10.7. The molecule has 0 unspecified atom stereocenters. The van der Waals surface area contributed by atoms with Gasteiger partial charge in [-0.2, -0.15) is 0 Å². The second-order valence-corrected chi connectivity index (χ2v) is 4.55. The van der Waals surface area contributed by atoms with Crippen molar-refractivity contribution in [3.05, 3.63) is 58.7 Å². The highest BCUT2D eigenvalue weighted by Crippen LogP contribution is 2.38. The first-order chi connectivity index (χ1) is 8.83. The Balaban J connectivity index is 2.16. The van der Waals surface area contributed by atoms with Crippen molar-refractivity contribution < 1.29 is 9.47 Å². The van der Waals surface area contributed by atoms with Crippen LogP contribution >= 0.6 is 0 Å². The molecule has 0 atom stereocenters. The van der Waals surface area contributed by atoms with Gasteiger partial charge < -0.3 is 9.47 Å². The molecule has 0 saturated heterocycles. The lowest BCUT2D eigenvalue weighted by Crippen LogP contribution is -2.10. The number of hydrogen-bond donors (Lipinski definition) is 0. The highest BCUT2D eigenvalue weighted by molar-refractivity contribution is 5.56. The minimum Gasteiger partial charge on any atom is -0.496 e. The number of ether oxygens (including phenoxy) is 2. The summed E-state index contributed by atoms with van der Waals surface area (Å²) in [5.74, 6) is 1.92. The monoisotopic (exact) mass is 240 g/mol. The molecule has 0 spiro atoms. The first-order valence-electron chi connectivity index (χ1n) is 6.13. The van der Waals surface area contributed by atoms with Crippen molar-refractivity contribution in [3.63, 3.8) is 0 Å². The Morgan fingerprint density at radius 2 is 1.17 bits per heavy atom. The summed E-state index contributed by atoms with van der Waals surface area (Å²) in [6, 6.07) is 12.6. The standard InChI is InChI=1S/C16H16O2/c1-17-15-7-8-16(18-2)14-10-12-6-4-3-5-11(12)9-13(14)15/h3-8H,9-10H2,1-2H3. The fraction of sp³-hybridized carbons (Fsp3) is 0.250. The summed E-state index contributed by atoms with van der Waals surface area (Å²) >= 11 is 0. The van der Waals surface area contributed by atoms with Gasteiger partial charge in [-0.15, -0.1) is 0 Å². The van der Waals surface area contributed by atoms with Crippen LogP contribution in [0.5, 0.6) is 11.5 Å². The smallest absolute Gasteiger partial charge is 0.122 e. The van der Waals surface area contributed by atoms with Crippen molar-refractivity contribution in [2.75, 3.05) is 14.2 Å². The zero-order valence-electron chi connectivity index (χ0n) is 10.7. The van der Waals surface area contributed by atoms with Crippen LogP contribution in [0.3, 0.4) is 0 Å². The maximum Gasteiger partial charge on any atom is 0.122 e. The van der Waals surface area contributed by atoms with Crippen molar-refractivity contribution in [2.24, 2.45) is 0 Å². The van der Waals surface area contributed by atoms with Gasteiger partial charge >= 0.3 is 0 Å². The number of benzene rings is 2. The lowest BCUT2D eigenvalue weighted by molar-refractivity contribution is 0.395. The van der Waals surface area contributed by atoms with Gasteiger partial charge in [0.1, 0.15) is 11.5 Å². The van der Waals surface area contributed by atoms with E-state index in [9.17, 15) is 0 Å². The first kappa shape index (κ1) is 11.1. The molecule has 0 heterocycles. The summed E-state index contributed by atoms with van der Waals surface area (Å²) in [6.45, 7) is 0. The van der Waals surface area contributed by atoms with Crippen molar-refractivity contribution >= 4 is 0 Å². The fourth-order valence-corrected chi connectivity index (χ4v) is 2.70. The van der Waals surface area contributed by atoms with Gasteiger partial charge in [0.05, 0.1) is 14.2 Å². The van der Waals surface area contributed by atoms with Crippen LogP contribution in [0.15, 0.2) is 36.4 Å². The molecule has 0 amide bonds. The molecule has 0 N–H and O–H groups in total. The zero-order chi connectivity index (χ0) is 12.5. The van der Waals surface area contributed by atoms with Crippen molar-refractivity contribution in [2.45, 2.75) is 12.8 Å². The number of hydrogen-bond acceptors (Lipinski definition) is 2. The van der Waals surface area contributed by atoms with Crippen LogP contribution in [0.1, 0.15) is 22.3 Å². The molecule has 1 aliphatic rings. The largest absolute Gasteiger partial charge is 0.496 e. The molecule has 0 radical (unpaired) electrons. The van der Waals surface area contributed by atoms with Crippen molar-refractivity contribution in [3.8, 4) is 11.5 Å². The number of methoxy groups -OCH3 is 2. The Morgan fingerprint density at radius 1 is 0.722 bits per heavy atom. The van der Waals surface area contributed by atoms with Gasteiger partial charge in [-0.05, 0) is 23.3 Å². The Morgan fingerprint density at radius 3 is 1.56 bits per heavy atom. The summed E-state index contributed by atoms with van der Waals surface area (Å²) in [7, 11) is 3.45. The highest BCUT2D eigenvalue weighted by atomic mass is 16.5. The van der Waals surface area contributed by atoms with E-state index >= 15 is 0 Å². The molecule has 0 fully saturated rings. The molecule has 0 aromatic heterocycles. The molecule has 0 bridgehead atoms. The molecule has 0 aliphatic heterocycles. The first-order valence-corrected chi connectivity index (χ1v) is 6.13. The molecule has 18 heavy (non-hydrogen) atoms. The summed E-state index contributed by atoms with van der Waals surface area (Å²) in [6.07, 6.45) is 1.84. The molecule has 1 aliphatic carbocycles. The maximum absolute atomic E-state index is 5.47. The van der Waals surface area contributed by atoms with Gasteiger partial charge in [-0.25, -0.2) is 0 Å². The summed E-state index contributed by atoms with van der Waals surface area (Å²) in [5, 5.41) is 0. The molecule has 0 saturated carbocycles. The molecular formula is C16H16O2. The summed E-state index contributed by atoms with van der Waals surface area (Å²) in [4.78, 5) is 0. The minimum atomic E-state index is 0.922. The second-order valence-electron chi connectivity index (χ2n) is 4.55. The lowest BCUT2D eigenvalue weighted by atomic mass is 9.85. The lowest BCUT2D eigenvalue weighted by Gasteiger charge is -2.23. The van der Waals surface area contributed by atoms with E-state index in [4.69, 9.17) is 9.47 Å². The molecule has 2 aromatic rings. The Kier molecular flexibility index (Phi) is 2.71. The summed E-state index contributed by atoms with van der Waals surface area (Å²) < 4.78 is 10.9. The van der Waals surface area contributed by atoms with Crippen LogP contribution in [0.4, 0.5) is 0 Å². The average molecular weight is 240 g/mol. The van der Waals surface area contributed by atoms with Crippen molar-refractivity contribution in [1.82, 2.24) is 0 Å². The molecular weight excluding hydrogens is 224 g/mol. The SMILES string of the molecule is COc1ccc(OC)c2c1Cc1ccccc1C2. The Labute approximate surface area is 107 Å². The van der Waals surface area contributed by atoms with E-state index in [0.717, 1.165) is 24.3 Å². The van der Waals surface area contributed by atoms with E-state index in [1.165, 1.54) is 22.3 Å². The minimum absolute atomic E-state index is 0.922. The van der Waals surface area contributed by atoms with Gasteiger partial charge in [0.15, 0.2) is 0 Å². The van der Waals surface area contributed by atoms with Crippen LogP contribution in [-0.2, 0) is 12.8 Å². The molecule has 2 aromatic carbocycles. The third-order valence-corrected chi connectivity index (χ3v) is 3.64. The number of fused-ring (bicyclic) bond motifs is 2. The Hall–Kier alpha value is -1.96. The van der Waals surface area contributed by atoms with Crippen LogP contribution in [0.25, 0.3) is 0 Å². The van der Waals surface area contributed by atoms with Crippen LogP contribution < -0.4 is 9.47 Å². The van der Waals surface area contributed by atoms with E-state index in [1.54, 1.807) is 14.2 Å². The van der Waals surface area contributed by atoms with Crippen LogP contribution in [0.2, 0.25) is 0 Å². The normalized spacial score (nSPS) is 12.6. The van der Waals surface area contributed by atoms with E-state index < -0.39 is 0 Å². The third kappa shape index (κ3) is 1.65. The molecule has 2 nitrogen and oxygen atoms in total. The quantitative estimate of drug-likeness (QED) is 0.685. The van der Waals surface area contributed by atoms with Crippen molar-refractivity contribution in [1.29, 1.82) is 0 Å². The molecule has 3 rings (SSSR count). The average Bonchev–Trinajstić information content (AvgIpc) is 2.44. The van der Waals surface area contributed by atoms with Gasteiger partial charge in [-0.1, -0.05) is 24.3 Å². The predicted octanol–water partition coefficient (Wildman–Crippen LogP) is 3.20.